The van der Waals surface area contributed by atoms with Crippen molar-refractivity contribution in [1.29, 1.82) is 0 Å². The fourth-order valence-electron chi connectivity index (χ4n) is 5.81. The van der Waals surface area contributed by atoms with Gasteiger partial charge in [-0.2, -0.15) is 0 Å². The minimum absolute atomic E-state index is 0. The number of nitrogens with zero attached hydrogens (tertiary/aromatic N) is 4. The van der Waals surface area contributed by atoms with Crippen molar-refractivity contribution in [3.05, 3.63) is 0 Å². The van der Waals surface area contributed by atoms with Crippen LogP contribution in [0.25, 0.3) is 0 Å². The molecule has 4 rings (SSSR count). The van der Waals surface area contributed by atoms with E-state index in [4.69, 9.17) is 4.74 Å². The summed E-state index contributed by atoms with van der Waals surface area (Å²) < 4.78 is 5.45. The van der Waals surface area contributed by atoms with E-state index in [1.807, 2.05) is 7.05 Å². The molecule has 7 heteroatoms. The van der Waals surface area contributed by atoms with Crippen LogP contribution in [-0.4, -0.2) is 99.3 Å². The van der Waals surface area contributed by atoms with Gasteiger partial charge in [0.2, 0.25) is 0 Å². The van der Waals surface area contributed by atoms with E-state index < -0.39 is 0 Å². The van der Waals surface area contributed by atoms with Crippen molar-refractivity contribution in [2.24, 2.45) is 22.7 Å². The van der Waals surface area contributed by atoms with Crippen LogP contribution >= 0.6 is 24.0 Å². The van der Waals surface area contributed by atoms with Crippen LogP contribution in [0.4, 0.5) is 0 Å². The standard InChI is InChI=1S/C21H39N5O.HI/c1-17(16-24-9-11-27-12-10-24)15-23-21(22-2)26-7-5-25(6-8-26)20-14-18-3-4-19(20)13-18;/h17-20H,3-16H2,1-2H3,(H,22,23);1H. The van der Waals surface area contributed by atoms with Crippen molar-refractivity contribution in [3.8, 4) is 0 Å². The van der Waals surface area contributed by atoms with Crippen molar-refractivity contribution in [2.75, 3.05) is 72.6 Å². The number of hydrogen-bond acceptors (Lipinski definition) is 4. The molecule has 0 aromatic heterocycles. The van der Waals surface area contributed by atoms with Gasteiger partial charge in [0.15, 0.2) is 5.96 Å². The molecular weight excluding hydrogens is 465 g/mol. The normalized spacial score (nSPS) is 33.0. The van der Waals surface area contributed by atoms with Crippen LogP contribution in [0.1, 0.15) is 32.6 Å². The van der Waals surface area contributed by atoms with E-state index in [2.05, 4.69) is 31.9 Å². The first-order valence-corrected chi connectivity index (χ1v) is 11.2. The number of guanidine groups is 1. The summed E-state index contributed by atoms with van der Waals surface area (Å²) in [6.45, 7) is 13.0. The zero-order valence-electron chi connectivity index (χ0n) is 17.8. The molecule has 4 unspecified atom stereocenters. The molecule has 1 N–H and O–H groups in total. The van der Waals surface area contributed by atoms with Gasteiger partial charge < -0.3 is 15.0 Å². The maximum absolute atomic E-state index is 5.45. The highest BCUT2D eigenvalue weighted by Crippen LogP contribution is 2.46. The molecule has 2 saturated heterocycles. The Kier molecular flexibility index (Phi) is 8.68. The van der Waals surface area contributed by atoms with Gasteiger partial charge in [-0.25, -0.2) is 0 Å². The monoisotopic (exact) mass is 505 g/mol. The Morgan fingerprint density at radius 3 is 2.43 bits per heavy atom. The van der Waals surface area contributed by atoms with E-state index in [1.54, 1.807) is 0 Å². The van der Waals surface area contributed by atoms with Gasteiger partial charge in [0, 0.05) is 65.4 Å². The quantitative estimate of drug-likeness (QED) is 0.352. The molecule has 4 atom stereocenters. The Hall–Kier alpha value is -0.120. The van der Waals surface area contributed by atoms with Gasteiger partial charge in [0.1, 0.15) is 0 Å². The van der Waals surface area contributed by atoms with Crippen molar-refractivity contribution >= 4 is 29.9 Å². The molecule has 4 aliphatic rings. The lowest BCUT2D eigenvalue weighted by Gasteiger charge is -2.42. The molecule has 2 aliphatic carbocycles. The maximum atomic E-state index is 5.45. The summed E-state index contributed by atoms with van der Waals surface area (Å²) in [5.74, 6) is 3.76. The number of fused-ring (bicyclic) bond motifs is 2. The Labute approximate surface area is 188 Å². The minimum atomic E-state index is 0. The van der Waals surface area contributed by atoms with Gasteiger partial charge in [0.05, 0.1) is 13.2 Å². The molecule has 0 amide bonds. The van der Waals surface area contributed by atoms with Gasteiger partial charge in [0.25, 0.3) is 0 Å². The molecule has 0 aromatic carbocycles. The number of hydrogen-bond donors (Lipinski definition) is 1. The van der Waals surface area contributed by atoms with Crippen molar-refractivity contribution in [2.45, 2.75) is 38.6 Å². The molecule has 0 spiro atoms. The molecule has 2 aliphatic heterocycles. The first kappa shape index (κ1) is 22.6. The first-order chi connectivity index (χ1) is 13.2. The van der Waals surface area contributed by atoms with Crippen molar-refractivity contribution in [3.63, 3.8) is 0 Å². The third kappa shape index (κ3) is 5.52. The number of aliphatic imine (C=N–C) groups is 1. The number of rotatable bonds is 5. The average Bonchev–Trinajstić information content (AvgIpc) is 3.33. The summed E-state index contributed by atoms with van der Waals surface area (Å²) in [5, 5.41) is 3.64. The molecule has 162 valence electrons. The fourth-order valence-corrected chi connectivity index (χ4v) is 5.81. The summed E-state index contributed by atoms with van der Waals surface area (Å²) in [7, 11) is 1.93. The number of nitrogens with one attached hydrogen (secondary N) is 1. The minimum Gasteiger partial charge on any atom is -0.379 e. The fraction of sp³-hybridized carbons (Fsp3) is 0.952. The number of morpholine rings is 1. The van der Waals surface area contributed by atoms with Gasteiger partial charge in [-0.15, -0.1) is 24.0 Å². The largest absolute Gasteiger partial charge is 0.379 e. The van der Waals surface area contributed by atoms with Crippen molar-refractivity contribution in [1.82, 2.24) is 20.0 Å². The number of halogens is 1. The Balaban J connectivity index is 0.00000225. The highest BCUT2D eigenvalue weighted by Gasteiger charge is 2.42. The van der Waals surface area contributed by atoms with Crippen LogP contribution in [0.5, 0.6) is 0 Å². The Morgan fingerprint density at radius 1 is 1.07 bits per heavy atom. The second-order valence-electron chi connectivity index (χ2n) is 9.21. The second kappa shape index (κ2) is 10.8. The first-order valence-electron chi connectivity index (χ1n) is 11.2. The topological polar surface area (TPSA) is 43.3 Å². The van der Waals surface area contributed by atoms with E-state index in [9.17, 15) is 0 Å². The van der Waals surface area contributed by atoms with E-state index in [0.29, 0.717) is 5.92 Å². The van der Waals surface area contributed by atoms with Gasteiger partial charge in [-0.3, -0.25) is 14.8 Å². The molecule has 0 radical (unpaired) electrons. The Bertz CT molecular complexity index is 505. The van der Waals surface area contributed by atoms with Crippen molar-refractivity contribution < 1.29 is 4.74 Å². The third-order valence-electron chi connectivity index (χ3n) is 7.28. The van der Waals surface area contributed by atoms with E-state index in [-0.39, 0.29) is 24.0 Å². The van der Waals surface area contributed by atoms with Crippen LogP contribution in [0.15, 0.2) is 4.99 Å². The summed E-state index contributed by atoms with van der Waals surface area (Å²) >= 11 is 0. The lowest BCUT2D eigenvalue weighted by atomic mass is 9.93. The number of ether oxygens (including phenoxy) is 1. The second-order valence-corrected chi connectivity index (χ2v) is 9.21. The zero-order chi connectivity index (χ0) is 18.6. The van der Waals surface area contributed by atoms with E-state index in [0.717, 1.165) is 76.3 Å². The molecule has 4 fully saturated rings. The molecule has 0 aromatic rings. The van der Waals surface area contributed by atoms with E-state index in [1.165, 1.54) is 38.8 Å². The maximum Gasteiger partial charge on any atom is 0.193 e. The molecular formula is C21H40IN5O. The predicted molar refractivity (Wildman–Crippen MR) is 126 cm³/mol. The van der Waals surface area contributed by atoms with Crippen LogP contribution < -0.4 is 5.32 Å². The third-order valence-corrected chi connectivity index (χ3v) is 7.28. The summed E-state index contributed by atoms with van der Waals surface area (Å²) in [6, 6.07) is 0.884. The molecule has 28 heavy (non-hydrogen) atoms. The molecule has 2 bridgehead atoms. The van der Waals surface area contributed by atoms with Crippen LogP contribution in [0.2, 0.25) is 0 Å². The highest BCUT2D eigenvalue weighted by molar-refractivity contribution is 14.0. The van der Waals surface area contributed by atoms with Gasteiger partial charge >= 0.3 is 0 Å². The summed E-state index contributed by atoms with van der Waals surface area (Å²) in [4.78, 5) is 12.3. The zero-order valence-corrected chi connectivity index (χ0v) is 20.1. The van der Waals surface area contributed by atoms with Crippen LogP contribution in [0, 0.1) is 17.8 Å². The van der Waals surface area contributed by atoms with Crippen LogP contribution in [-0.2, 0) is 4.74 Å². The lowest BCUT2D eigenvalue weighted by molar-refractivity contribution is 0.0320. The number of piperazine rings is 1. The van der Waals surface area contributed by atoms with Crippen LogP contribution in [0.3, 0.4) is 0 Å². The summed E-state index contributed by atoms with van der Waals surface area (Å²) in [5.41, 5.74) is 0. The van der Waals surface area contributed by atoms with E-state index >= 15 is 0 Å². The van der Waals surface area contributed by atoms with Gasteiger partial charge in [-0.05, 0) is 37.0 Å². The molecule has 6 nitrogen and oxygen atoms in total. The molecule has 2 saturated carbocycles. The lowest BCUT2D eigenvalue weighted by Crippen LogP contribution is -2.56. The van der Waals surface area contributed by atoms with Gasteiger partial charge in [-0.1, -0.05) is 13.3 Å². The highest BCUT2D eigenvalue weighted by atomic mass is 127. The smallest absolute Gasteiger partial charge is 0.193 e. The predicted octanol–water partition coefficient (Wildman–Crippen LogP) is 1.95. The average molecular weight is 505 g/mol. The summed E-state index contributed by atoms with van der Waals surface area (Å²) in [6.07, 6.45) is 5.96. The Morgan fingerprint density at radius 2 is 1.82 bits per heavy atom. The molecule has 2 heterocycles. The SMILES string of the molecule is CN=C(NCC(C)CN1CCOCC1)N1CCN(C2CC3CCC2C3)CC1.I.